The summed E-state index contributed by atoms with van der Waals surface area (Å²) in [6.07, 6.45) is 1.78. The minimum atomic E-state index is -0.779. The average Bonchev–Trinajstić information content (AvgIpc) is 3.29. The van der Waals surface area contributed by atoms with Crippen LogP contribution in [0.4, 0.5) is 0 Å². The van der Waals surface area contributed by atoms with E-state index in [9.17, 15) is 14.4 Å². The number of hydrogen-bond donors (Lipinski definition) is 2. The van der Waals surface area contributed by atoms with Crippen molar-refractivity contribution in [3.63, 3.8) is 0 Å². The lowest BCUT2D eigenvalue weighted by Gasteiger charge is -2.39. The molecule has 1 aromatic carbocycles. The van der Waals surface area contributed by atoms with Crippen LogP contribution in [-0.2, 0) is 24.5 Å². The molecule has 0 aliphatic heterocycles. The van der Waals surface area contributed by atoms with Gasteiger partial charge in [-0.2, -0.15) is 0 Å². The van der Waals surface area contributed by atoms with Crippen LogP contribution in [0.5, 0.6) is 0 Å². The first kappa shape index (κ1) is 32.5. The van der Waals surface area contributed by atoms with Crippen molar-refractivity contribution in [3.05, 3.63) is 46.9 Å². The number of thiophene rings is 1. The van der Waals surface area contributed by atoms with E-state index >= 15 is 0 Å². The van der Waals surface area contributed by atoms with Gasteiger partial charge in [0.25, 0.3) is 0 Å². The Hall–Kier alpha value is -2.71. The molecule has 8 heteroatoms. The van der Waals surface area contributed by atoms with Crippen molar-refractivity contribution in [3.8, 4) is 0 Å². The van der Waals surface area contributed by atoms with Gasteiger partial charge >= 0.3 is 5.97 Å². The van der Waals surface area contributed by atoms with E-state index in [1.807, 2.05) is 46.8 Å². The SMILES string of the molecule is CCOC(=O)/C(C)=C/[C@H](C(C)C)N(C)C(=O)[C@@H](NC(=O)C(NC)C(C)(C)c1csc2ccccc12)C(C)(C)C. The van der Waals surface area contributed by atoms with Gasteiger partial charge in [0.1, 0.15) is 6.04 Å². The van der Waals surface area contributed by atoms with Crippen molar-refractivity contribution >= 4 is 39.2 Å². The van der Waals surface area contributed by atoms with Gasteiger partial charge in [-0.1, -0.05) is 72.7 Å². The standard InChI is InChI=1S/C31H47N3O4S/c1-12-38-29(37)20(4)17-23(19(2)3)34(11)28(36)26(30(5,6)7)33-27(35)25(32-10)31(8,9)22-18-39-24-16-14-13-15-21(22)24/h13-19,23,25-26,32H,12H2,1-11H3,(H,33,35)/b20-17+/t23-,25?,26-/m1/s1. The summed E-state index contributed by atoms with van der Waals surface area (Å²) in [5.41, 5.74) is 0.440. The van der Waals surface area contributed by atoms with E-state index in [1.165, 1.54) is 4.70 Å². The summed E-state index contributed by atoms with van der Waals surface area (Å²) in [6, 6.07) is 6.49. The van der Waals surface area contributed by atoms with Gasteiger partial charge in [-0.25, -0.2) is 4.79 Å². The first-order valence-corrected chi connectivity index (χ1v) is 14.5. The predicted molar refractivity (Wildman–Crippen MR) is 161 cm³/mol. The summed E-state index contributed by atoms with van der Waals surface area (Å²) in [7, 11) is 3.50. The van der Waals surface area contributed by atoms with Crippen molar-refractivity contribution in [1.82, 2.24) is 15.5 Å². The van der Waals surface area contributed by atoms with Crippen LogP contribution in [-0.4, -0.2) is 61.5 Å². The Labute approximate surface area is 238 Å². The number of nitrogens with zero attached hydrogens (tertiary/aromatic N) is 1. The van der Waals surface area contributed by atoms with Gasteiger partial charge in [0.2, 0.25) is 11.8 Å². The van der Waals surface area contributed by atoms with E-state index in [0.717, 1.165) is 10.9 Å². The fraction of sp³-hybridized carbons (Fsp3) is 0.581. The van der Waals surface area contributed by atoms with Crippen LogP contribution < -0.4 is 10.6 Å². The molecular formula is C31H47N3O4S. The molecule has 0 spiro atoms. The molecule has 0 fully saturated rings. The molecule has 7 nitrogen and oxygen atoms in total. The molecule has 0 radical (unpaired) electrons. The maximum Gasteiger partial charge on any atom is 0.333 e. The molecule has 1 aromatic heterocycles. The molecule has 2 rings (SSSR count). The Balaban J connectivity index is 2.38. The molecule has 1 unspecified atom stereocenters. The summed E-state index contributed by atoms with van der Waals surface area (Å²) in [5.74, 6) is -0.810. The molecule has 2 aromatic rings. The minimum Gasteiger partial charge on any atom is -0.463 e. The van der Waals surface area contributed by atoms with E-state index in [4.69, 9.17) is 4.74 Å². The van der Waals surface area contributed by atoms with Crippen LogP contribution in [0, 0.1) is 11.3 Å². The Kier molecular flexibility index (Phi) is 10.9. The van der Waals surface area contributed by atoms with Crippen LogP contribution >= 0.6 is 11.3 Å². The zero-order valence-electron chi connectivity index (χ0n) is 25.5. The number of amides is 2. The van der Waals surface area contributed by atoms with Crippen molar-refractivity contribution < 1.29 is 19.1 Å². The third kappa shape index (κ3) is 7.48. The molecule has 2 N–H and O–H groups in total. The summed E-state index contributed by atoms with van der Waals surface area (Å²) in [5, 5.41) is 9.56. The molecular weight excluding hydrogens is 510 g/mol. The van der Waals surface area contributed by atoms with Crippen molar-refractivity contribution in [2.24, 2.45) is 11.3 Å². The minimum absolute atomic E-state index is 0.0375. The van der Waals surface area contributed by atoms with E-state index in [1.54, 1.807) is 50.3 Å². The lowest BCUT2D eigenvalue weighted by molar-refractivity contribution is -0.141. The maximum atomic E-state index is 14.0. The Morgan fingerprint density at radius 1 is 1.08 bits per heavy atom. The second-order valence-corrected chi connectivity index (χ2v) is 13.1. The maximum absolute atomic E-state index is 14.0. The van der Waals surface area contributed by atoms with Crippen LogP contribution in [0.2, 0.25) is 0 Å². The molecule has 0 saturated heterocycles. The number of esters is 1. The van der Waals surface area contributed by atoms with Crippen LogP contribution in [0.1, 0.15) is 67.9 Å². The monoisotopic (exact) mass is 557 g/mol. The number of carbonyl (C=O) groups excluding carboxylic acids is 3. The summed E-state index contributed by atoms with van der Waals surface area (Å²) >= 11 is 1.66. The van der Waals surface area contributed by atoms with Gasteiger partial charge in [0.15, 0.2) is 0 Å². The van der Waals surface area contributed by atoms with Gasteiger partial charge in [-0.3, -0.25) is 9.59 Å². The number of ether oxygens (including phenoxy) is 1. The van der Waals surface area contributed by atoms with Gasteiger partial charge in [-0.15, -0.1) is 11.3 Å². The number of fused-ring (bicyclic) bond motifs is 1. The quantitative estimate of drug-likeness (QED) is 0.290. The lowest BCUT2D eigenvalue weighted by Crippen LogP contribution is -2.61. The molecule has 216 valence electrons. The third-order valence-electron chi connectivity index (χ3n) is 7.34. The second-order valence-electron chi connectivity index (χ2n) is 12.2. The highest BCUT2D eigenvalue weighted by atomic mass is 32.1. The topological polar surface area (TPSA) is 87.7 Å². The highest BCUT2D eigenvalue weighted by Gasteiger charge is 2.42. The molecule has 0 aliphatic rings. The smallest absolute Gasteiger partial charge is 0.333 e. The van der Waals surface area contributed by atoms with Gasteiger partial charge in [0.05, 0.1) is 18.7 Å². The first-order valence-electron chi connectivity index (χ1n) is 13.6. The number of carbonyl (C=O) groups is 3. The highest BCUT2D eigenvalue weighted by molar-refractivity contribution is 7.17. The van der Waals surface area contributed by atoms with E-state index in [0.29, 0.717) is 5.57 Å². The van der Waals surface area contributed by atoms with Gasteiger partial charge in [-0.05, 0) is 54.6 Å². The number of likely N-dealkylation sites (N-methyl/N-ethyl adjacent to an activating group) is 2. The molecule has 0 bridgehead atoms. The Morgan fingerprint density at radius 3 is 2.23 bits per heavy atom. The molecule has 1 heterocycles. The zero-order valence-corrected chi connectivity index (χ0v) is 26.3. The molecule has 0 aliphatic carbocycles. The Bertz CT molecular complexity index is 1190. The number of hydrogen-bond acceptors (Lipinski definition) is 6. The lowest BCUT2D eigenvalue weighted by atomic mass is 9.76. The average molecular weight is 558 g/mol. The molecule has 2 amide bonds. The largest absolute Gasteiger partial charge is 0.463 e. The van der Waals surface area contributed by atoms with Crippen LogP contribution in [0.15, 0.2) is 41.3 Å². The number of rotatable bonds is 11. The van der Waals surface area contributed by atoms with Crippen LogP contribution in [0.3, 0.4) is 0 Å². The highest BCUT2D eigenvalue weighted by Crippen LogP contribution is 2.37. The Morgan fingerprint density at radius 2 is 1.69 bits per heavy atom. The fourth-order valence-electron chi connectivity index (χ4n) is 5.00. The van der Waals surface area contributed by atoms with E-state index in [-0.39, 0.29) is 30.4 Å². The zero-order chi connectivity index (χ0) is 29.7. The fourth-order valence-corrected chi connectivity index (χ4v) is 6.13. The predicted octanol–water partition coefficient (Wildman–Crippen LogP) is 5.29. The molecule has 0 saturated carbocycles. The second kappa shape index (κ2) is 13.1. The van der Waals surface area contributed by atoms with Crippen molar-refractivity contribution in [2.45, 2.75) is 85.9 Å². The third-order valence-corrected chi connectivity index (χ3v) is 8.31. The number of nitrogens with one attached hydrogen (secondary N) is 2. The summed E-state index contributed by atoms with van der Waals surface area (Å²) in [4.78, 5) is 41.7. The van der Waals surface area contributed by atoms with Crippen LogP contribution in [0.25, 0.3) is 10.1 Å². The number of benzene rings is 1. The van der Waals surface area contributed by atoms with E-state index in [2.05, 4.69) is 42.0 Å². The molecule has 3 atom stereocenters. The first-order chi connectivity index (χ1) is 18.1. The summed E-state index contributed by atoms with van der Waals surface area (Å²) < 4.78 is 6.31. The summed E-state index contributed by atoms with van der Waals surface area (Å²) in [6.45, 7) is 17.7. The van der Waals surface area contributed by atoms with Crippen molar-refractivity contribution in [2.75, 3.05) is 20.7 Å². The van der Waals surface area contributed by atoms with Gasteiger partial charge < -0.3 is 20.3 Å². The van der Waals surface area contributed by atoms with Crippen molar-refractivity contribution in [1.29, 1.82) is 0 Å². The van der Waals surface area contributed by atoms with E-state index < -0.39 is 28.9 Å². The molecule has 39 heavy (non-hydrogen) atoms. The van der Waals surface area contributed by atoms with Gasteiger partial charge in [0, 0.05) is 22.7 Å². The normalized spacial score (nSPS) is 15.1.